The van der Waals surface area contributed by atoms with Gasteiger partial charge in [-0.1, -0.05) is 26.3 Å². The molecule has 4 N–H and O–H groups in total. The Labute approximate surface area is 115 Å². The summed E-state index contributed by atoms with van der Waals surface area (Å²) in [6, 6.07) is 0. The fraction of sp³-hybridized carbons (Fsp3) is 0.200. The standard InChI is InChI=1S/C15H22N2O2/c1-12(16)6-8-14(3)18-10-5-11-19-15(4)9-7-13(2)17/h6-9H,1-5,10-11,16-17H2/b8-6-,9-7-. The van der Waals surface area contributed by atoms with Gasteiger partial charge in [-0.05, 0) is 24.3 Å². The fourth-order valence-corrected chi connectivity index (χ4v) is 0.962. The molecular weight excluding hydrogens is 240 g/mol. The lowest BCUT2D eigenvalue weighted by Crippen LogP contribution is -1.99. The first-order valence-electron chi connectivity index (χ1n) is 5.80. The zero-order chi connectivity index (χ0) is 14.7. The first-order chi connectivity index (χ1) is 8.91. The van der Waals surface area contributed by atoms with Crippen LogP contribution in [-0.2, 0) is 9.47 Å². The van der Waals surface area contributed by atoms with Gasteiger partial charge in [0.05, 0.1) is 13.2 Å². The highest BCUT2D eigenvalue weighted by Crippen LogP contribution is 2.01. The van der Waals surface area contributed by atoms with Crippen molar-refractivity contribution in [1.29, 1.82) is 0 Å². The van der Waals surface area contributed by atoms with E-state index in [2.05, 4.69) is 26.3 Å². The normalized spacial score (nSPS) is 10.5. The smallest absolute Gasteiger partial charge is 0.112 e. The highest BCUT2D eigenvalue weighted by Gasteiger charge is 1.93. The van der Waals surface area contributed by atoms with Crippen LogP contribution in [0.5, 0.6) is 0 Å². The van der Waals surface area contributed by atoms with Crippen molar-refractivity contribution >= 4 is 0 Å². The average molecular weight is 262 g/mol. The molecule has 0 saturated heterocycles. The Morgan fingerprint density at radius 3 is 1.42 bits per heavy atom. The monoisotopic (exact) mass is 262 g/mol. The van der Waals surface area contributed by atoms with Crippen molar-refractivity contribution < 1.29 is 9.47 Å². The lowest BCUT2D eigenvalue weighted by molar-refractivity contribution is 0.163. The first-order valence-corrected chi connectivity index (χ1v) is 5.80. The Morgan fingerprint density at radius 2 is 1.11 bits per heavy atom. The van der Waals surface area contributed by atoms with E-state index in [-0.39, 0.29) is 0 Å². The lowest BCUT2D eigenvalue weighted by atomic mass is 10.4. The number of ether oxygens (including phenoxy) is 2. The van der Waals surface area contributed by atoms with Gasteiger partial charge in [0.25, 0.3) is 0 Å². The second-order valence-electron chi connectivity index (χ2n) is 3.80. The summed E-state index contributed by atoms with van der Waals surface area (Å²) in [5.74, 6) is 1.06. The molecule has 0 bridgehead atoms. The third-order valence-corrected chi connectivity index (χ3v) is 1.83. The third-order valence-electron chi connectivity index (χ3n) is 1.83. The number of allylic oxidation sites excluding steroid dienone is 4. The van der Waals surface area contributed by atoms with Crippen molar-refractivity contribution in [2.24, 2.45) is 11.5 Å². The molecule has 0 fully saturated rings. The summed E-state index contributed by atoms with van der Waals surface area (Å²) in [5.41, 5.74) is 11.7. The second kappa shape index (κ2) is 9.65. The van der Waals surface area contributed by atoms with E-state index in [4.69, 9.17) is 20.9 Å². The minimum absolute atomic E-state index is 0.456. The molecule has 0 aliphatic carbocycles. The maximum Gasteiger partial charge on any atom is 0.112 e. The highest BCUT2D eigenvalue weighted by atomic mass is 16.5. The lowest BCUT2D eigenvalue weighted by Gasteiger charge is -2.07. The molecule has 0 heterocycles. The van der Waals surface area contributed by atoms with Crippen molar-refractivity contribution in [3.63, 3.8) is 0 Å². The molecule has 0 atom stereocenters. The molecule has 0 unspecified atom stereocenters. The van der Waals surface area contributed by atoms with Crippen LogP contribution in [0.25, 0.3) is 0 Å². The van der Waals surface area contributed by atoms with Gasteiger partial charge in [0.1, 0.15) is 11.5 Å². The molecule has 0 aliphatic rings. The van der Waals surface area contributed by atoms with Crippen molar-refractivity contribution in [1.82, 2.24) is 0 Å². The molecule has 0 rings (SSSR count). The van der Waals surface area contributed by atoms with Crippen LogP contribution in [0.15, 0.2) is 73.5 Å². The minimum Gasteiger partial charge on any atom is -0.494 e. The van der Waals surface area contributed by atoms with Gasteiger partial charge in [-0.25, -0.2) is 0 Å². The van der Waals surface area contributed by atoms with Gasteiger partial charge in [-0.15, -0.1) is 0 Å². The average Bonchev–Trinajstić information content (AvgIpc) is 2.33. The Balaban J connectivity index is 3.65. The van der Waals surface area contributed by atoms with Gasteiger partial charge in [0.15, 0.2) is 0 Å². The van der Waals surface area contributed by atoms with Crippen LogP contribution in [0.1, 0.15) is 6.42 Å². The van der Waals surface area contributed by atoms with Crippen molar-refractivity contribution in [3.8, 4) is 0 Å². The third kappa shape index (κ3) is 11.9. The summed E-state index contributed by atoms with van der Waals surface area (Å²) in [6.07, 6.45) is 7.30. The Hall–Kier alpha value is -2.36. The van der Waals surface area contributed by atoms with Gasteiger partial charge >= 0.3 is 0 Å². The Morgan fingerprint density at radius 1 is 0.737 bits per heavy atom. The van der Waals surface area contributed by atoms with Crippen LogP contribution in [-0.4, -0.2) is 13.2 Å². The van der Waals surface area contributed by atoms with Crippen molar-refractivity contribution in [2.75, 3.05) is 13.2 Å². The van der Waals surface area contributed by atoms with E-state index in [1.807, 2.05) is 0 Å². The predicted octanol–water partition coefficient (Wildman–Crippen LogP) is 2.49. The Bertz CT molecular complexity index is 368. The van der Waals surface area contributed by atoms with Gasteiger partial charge in [0.2, 0.25) is 0 Å². The van der Waals surface area contributed by atoms with Gasteiger partial charge in [0, 0.05) is 17.8 Å². The molecule has 0 aromatic carbocycles. The number of hydrogen-bond donors (Lipinski definition) is 2. The van der Waals surface area contributed by atoms with Crippen molar-refractivity contribution in [3.05, 3.63) is 73.5 Å². The highest BCUT2D eigenvalue weighted by molar-refractivity contribution is 5.19. The molecule has 19 heavy (non-hydrogen) atoms. The summed E-state index contributed by atoms with van der Waals surface area (Å²) >= 11 is 0. The summed E-state index contributed by atoms with van der Waals surface area (Å²) in [7, 11) is 0. The SMILES string of the molecule is C=C(N)/C=C\C(=C)OCCCOC(=C)/C=C\C(=C)N. The summed E-state index contributed by atoms with van der Waals surface area (Å²) in [4.78, 5) is 0. The molecule has 4 nitrogen and oxygen atoms in total. The summed E-state index contributed by atoms with van der Waals surface area (Å²) in [5, 5.41) is 0. The van der Waals surface area contributed by atoms with Crippen LogP contribution in [0, 0.1) is 0 Å². The van der Waals surface area contributed by atoms with Crippen LogP contribution >= 0.6 is 0 Å². The molecule has 4 heteroatoms. The molecular formula is C15H22N2O2. The second-order valence-corrected chi connectivity index (χ2v) is 3.80. The Kier molecular flexibility index (Phi) is 8.45. The molecule has 0 spiro atoms. The van der Waals surface area contributed by atoms with E-state index in [9.17, 15) is 0 Å². The predicted molar refractivity (Wildman–Crippen MR) is 79.7 cm³/mol. The molecule has 0 amide bonds. The van der Waals surface area contributed by atoms with Crippen LogP contribution in [0.4, 0.5) is 0 Å². The molecule has 0 aliphatic heterocycles. The largest absolute Gasteiger partial charge is 0.494 e. The number of rotatable bonds is 10. The minimum atomic E-state index is 0.456. The zero-order valence-electron chi connectivity index (χ0n) is 11.2. The summed E-state index contributed by atoms with van der Waals surface area (Å²) < 4.78 is 10.7. The number of nitrogens with two attached hydrogens (primary N) is 2. The van der Waals surface area contributed by atoms with Gasteiger partial charge < -0.3 is 20.9 Å². The molecule has 0 aromatic rings. The van der Waals surface area contributed by atoms with Crippen LogP contribution < -0.4 is 11.5 Å². The zero-order valence-corrected chi connectivity index (χ0v) is 11.2. The molecule has 0 saturated carbocycles. The van der Waals surface area contributed by atoms with E-state index >= 15 is 0 Å². The quantitative estimate of drug-likeness (QED) is 0.360. The van der Waals surface area contributed by atoms with Crippen LogP contribution in [0.3, 0.4) is 0 Å². The van der Waals surface area contributed by atoms with E-state index in [1.165, 1.54) is 0 Å². The van der Waals surface area contributed by atoms with Gasteiger partial charge in [-0.3, -0.25) is 0 Å². The van der Waals surface area contributed by atoms with E-state index in [1.54, 1.807) is 24.3 Å². The maximum absolute atomic E-state index is 5.37. The fourth-order valence-electron chi connectivity index (χ4n) is 0.962. The van der Waals surface area contributed by atoms with Crippen LogP contribution in [0.2, 0.25) is 0 Å². The van der Waals surface area contributed by atoms with Crippen molar-refractivity contribution in [2.45, 2.75) is 6.42 Å². The first kappa shape index (κ1) is 16.6. The summed E-state index contributed by atoms with van der Waals surface area (Å²) in [6.45, 7) is 15.5. The van der Waals surface area contributed by atoms with E-state index in [0.29, 0.717) is 42.5 Å². The van der Waals surface area contributed by atoms with E-state index in [0.717, 1.165) is 0 Å². The molecule has 104 valence electrons. The van der Waals surface area contributed by atoms with Gasteiger partial charge in [-0.2, -0.15) is 0 Å². The topological polar surface area (TPSA) is 70.5 Å². The number of hydrogen-bond acceptors (Lipinski definition) is 4. The van der Waals surface area contributed by atoms with E-state index < -0.39 is 0 Å². The maximum atomic E-state index is 5.37. The molecule has 0 radical (unpaired) electrons. The molecule has 0 aromatic heterocycles.